The molecule has 1 amide bonds. The van der Waals surface area contributed by atoms with Crippen LogP contribution in [0.25, 0.3) is 0 Å². The second-order valence-corrected chi connectivity index (χ2v) is 8.88. The molecule has 0 atom stereocenters. The van der Waals surface area contributed by atoms with Crippen LogP contribution in [-0.4, -0.2) is 53.1 Å². The normalized spacial score (nSPS) is 10.8. The number of thioether (sulfide) groups is 1. The van der Waals surface area contributed by atoms with Crippen molar-refractivity contribution in [3.8, 4) is 11.5 Å². The van der Waals surface area contributed by atoms with Crippen LogP contribution in [0, 0.1) is 0 Å². The van der Waals surface area contributed by atoms with Gasteiger partial charge in [-0.3, -0.25) is 14.3 Å². The molecule has 2 N–H and O–H groups in total. The minimum Gasteiger partial charge on any atom is -0.497 e. The van der Waals surface area contributed by atoms with E-state index >= 15 is 0 Å². The number of anilines is 2. The van der Waals surface area contributed by atoms with E-state index in [1.165, 1.54) is 45.2 Å². The maximum absolute atomic E-state index is 12.9. The summed E-state index contributed by atoms with van der Waals surface area (Å²) in [5.74, 6) is 0.629. The lowest BCUT2D eigenvalue weighted by molar-refractivity contribution is -0.137. The van der Waals surface area contributed by atoms with Crippen LogP contribution in [-0.2, 0) is 24.3 Å². The summed E-state index contributed by atoms with van der Waals surface area (Å²) in [4.78, 5) is 23.1. The zero-order valence-corrected chi connectivity index (χ0v) is 19.0. The quantitative estimate of drug-likeness (QED) is 0.382. The van der Waals surface area contributed by atoms with Gasteiger partial charge in [0.2, 0.25) is 5.91 Å². The standard InChI is InChI=1S/C20H24N2O7S2/c1-27-16-7-4-14(5-8-16)22-31(25,26)18-12-15(6-9-17(18)28-2)21-19(23)10-11-30-13-20(24)29-3/h4-9,12,22H,10-11,13H2,1-3H3,(H,21,23). The summed E-state index contributed by atoms with van der Waals surface area (Å²) in [6.07, 6.45) is 0.153. The van der Waals surface area contributed by atoms with Gasteiger partial charge in [0, 0.05) is 23.5 Å². The monoisotopic (exact) mass is 468 g/mol. The summed E-state index contributed by atoms with van der Waals surface area (Å²) in [5, 5.41) is 2.65. The van der Waals surface area contributed by atoms with E-state index in [0.29, 0.717) is 22.9 Å². The zero-order valence-electron chi connectivity index (χ0n) is 17.3. The van der Waals surface area contributed by atoms with Gasteiger partial charge in [-0.05, 0) is 42.5 Å². The van der Waals surface area contributed by atoms with Crippen molar-refractivity contribution in [2.24, 2.45) is 0 Å². The first-order valence-corrected chi connectivity index (χ1v) is 11.7. The summed E-state index contributed by atoms with van der Waals surface area (Å²) in [6, 6.07) is 10.7. The highest BCUT2D eigenvalue weighted by atomic mass is 32.2. The topological polar surface area (TPSA) is 120 Å². The van der Waals surface area contributed by atoms with E-state index in [1.54, 1.807) is 30.3 Å². The summed E-state index contributed by atoms with van der Waals surface area (Å²) in [7, 11) is 0.185. The van der Waals surface area contributed by atoms with Crippen molar-refractivity contribution in [1.29, 1.82) is 0 Å². The molecule has 0 saturated carbocycles. The summed E-state index contributed by atoms with van der Waals surface area (Å²) >= 11 is 1.27. The van der Waals surface area contributed by atoms with Gasteiger partial charge in [0.25, 0.3) is 10.0 Å². The third-order valence-electron chi connectivity index (χ3n) is 4.00. The summed E-state index contributed by atoms with van der Waals surface area (Å²) in [5.41, 5.74) is 0.652. The number of esters is 1. The molecule has 0 radical (unpaired) electrons. The average molecular weight is 469 g/mol. The number of rotatable bonds is 11. The maximum atomic E-state index is 12.9. The molecular weight excluding hydrogens is 444 g/mol. The van der Waals surface area contributed by atoms with E-state index in [2.05, 4.69) is 14.8 Å². The lowest BCUT2D eigenvalue weighted by Crippen LogP contribution is -2.16. The Morgan fingerprint density at radius 3 is 2.26 bits per heavy atom. The Labute approximate surface area is 185 Å². The van der Waals surface area contributed by atoms with Crippen molar-refractivity contribution in [3.05, 3.63) is 42.5 Å². The van der Waals surface area contributed by atoms with Gasteiger partial charge < -0.3 is 19.5 Å². The molecule has 0 aliphatic heterocycles. The highest BCUT2D eigenvalue weighted by Gasteiger charge is 2.21. The van der Waals surface area contributed by atoms with Crippen LogP contribution >= 0.6 is 11.8 Å². The first-order chi connectivity index (χ1) is 14.8. The molecule has 2 aromatic rings. The Balaban J connectivity index is 2.09. The van der Waals surface area contributed by atoms with Gasteiger partial charge in [0.15, 0.2) is 0 Å². The lowest BCUT2D eigenvalue weighted by Gasteiger charge is -2.14. The number of carbonyl (C=O) groups is 2. The number of hydrogen-bond donors (Lipinski definition) is 2. The number of sulfonamides is 1. The molecular formula is C20H24N2O7S2. The van der Waals surface area contributed by atoms with Gasteiger partial charge in [0.05, 0.1) is 27.1 Å². The molecule has 0 bridgehead atoms. The number of amides is 1. The second kappa shape index (κ2) is 11.5. The molecule has 0 aliphatic carbocycles. The molecule has 11 heteroatoms. The fourth-order valence-electron chi connectivity index (χ4n) is 2.44. The number of methoxy groups -OCH3 is 3. The molecule has 31 heavy (non-hydrogen) atoms. The molecule has 0 heterocycles. The van der Waals surface area contributed by atoms with E-state index < -0.39 is 10.0 Å². The van der Waals surface area contributed by atoms with Crippen LogP contribution in [0.2, 0.25) is 0 Å². The summed E-state index contributed by atoms with van der Waals surface area (Å²) in [6.45, 7) is 0. The first kappa shape index (κ1) is 24.4. The van der Waals surface area contributed by atoms with Crippen LogP contribution in [0.5, 0.6) is 11.5 Å². The van der Waals surface area contributed by atoms with E-state index in [0.717, 1.165) is 0 Å². The van der Waals surface area contributed by atoms with Crippen LogP contribution in [0.3, 0.4) is 0 Å². The highest BCUT2D eigenvalue weighted by molar-refractivity contribution is 7.99. The fraction of sp³-hybridized carbons (Fsp3) is 0.300. The fourth-order valence-corrected chi connectivity index (χ4v) is 4.45. The predicted octanol–water partition coefficient (Wildman–Crippen LogP) is 2.74. The van der Waals surface area contributed by atoms with Crippen molar-refractivity contribution in [1.82, 2.24) is 0 Å². The molecule has 0 unspecified atom stereocenters. The van der Waals surface area contributed by atoms with Crippen LogP contribution in [0.4, 0.5) is 11.4 Å². The van der Waals surface area contributed by atoms with Crippen molar-refractivity contribution in [2.75, 3.05) is 42.9 Å². The minimum absolute atomic E-state index is 0.122. The highest BCUT2D eigenvalue weighted by Crippen LogP contribution is 2.29. The summed E-state index contributed by atoms with van der Waals surface area (Å²) < 4.78 is 43.0. The molecule has 0 aromatic heterocycles. The van der Waals surface area contributed by atoms with Crippen molar-refractivity contribution in [3.63, 3.8) is 0 Å². The maximum Gasteiger partial charge on any atom is 0.315 e. The lowest BCUT2D eigenvalue weighted by atomic mass is 10.3. The zero-order chi connectivity index (χ0) is 22.9. The Morgan fingerprint density at radius 1 is 0.968 bits per heavy atom. The Kier molecular flexibility index (Phi) is 9.01. The van der Waals surface area contributed by atoms with Crippen LogP contribution < -0.4 is 19.5 Å². The van der Waals surface area contributed by atoms with E-state index in [9.17, 15) is 18.0 Å². The molecule has 2 aromatic carbocycles. The smallest absolute Gasteiger partial charge is 0.315 e. The third-order valence-corrected chi connectivity index (χ3v) is 6.34. The van der Waals surface area contributed by atoms with Gasteiger partial charge in [0.1, 0.15) is 16.4 Å². The molecule has 0 aliphatic rings. The Morgan fingerprint density at radius 2 is 1.65 bits per heavy atom. The van der Waals surface area contributed by atoms with Crippen LogP contribution in [0.15, 0.2) is 47.4 Å². The average Bonchev–Trinajstić information content (AvgIpc) is 2.76. The second-order valence-electron chi connectivity index (χ2n) is 6.13. The van der Waals surface area contributed by atoms with Crippen LogP contribution in [0.1, 0.15) is 6.42 Å². The number of carbonyl (C=O) groups excluding carboxylic acids is 2. The Bertz CT molecular complexity index is 1010. The van der Waals surface area contributed by atoms with Gasteiger partial charge in [-0.1, -0.05) is 0 Å². The molecule has 168 valence electrons. The van der Waals surface area contributed by atoms with Gasteiger partial charge in [-0.2, -0.15) is 0 Å². The van der Waals surface area contributed by atoms with Crippen molar-refractivity contribution >= 4 is 45.0 Å². The van der Waals surface area contributed by atoms with Gasteiger partial charge in [-0.15, -0.1) is 11.8 Å². The molecule has 9 nitrogen and oxygen atoms in total. The number of ether oxygens (including phenoxy) is 3. The number of benzene rings is 2. The van der Waals surface area contributed by atoms with Crippen molar-refractivity contribution < 1.29 is 32.2 Å². The van der Waals surface area contributed by atoms with E-state index in [4.69, 9.17) is 9.47 Å². The van der Waals surface area contributed by atoms with Gasteiger partial charge >= 0.3 is 5.97 Å². The molecule has 0 fully saturated rings. The molecule has 0 saturated heterocycles. The largest absolute Gasteiger partial charge is 0.497 e. The first-order valence-electron chi connectivity index (χ1n) is 9.08. The third kappa shape index (κ3) is 7.37. The molecule has 2 rings (SSSR count). The Hall–Kier alpha value is -2.92. The SMILES string of the molecule is COC(=O)CSCCC(=O)Nc1ccc(OC)c(S(=O)(=O)Nc2ccc(OC)cc2)c1. The van der Waals surface area contributed by atoms with Crippen molar-refractivity contribution in [2.45, 2.75) is 11.3 Å². The van der Waals surface area contributed by atoms with Gasteiger partial charge in [-0.25, -0.2) is 8.42 Å². The number of nitrogens with one attached hydrogen (secondary N) is 2. The minimum atomic E-state index is -3.99. The molecule has 0 spiro atoms. The van der Waals surface area contributed by atoms with E-state index in [1.807, 2.05) is 0 Å². The number of hydrogen-bond acceptors (Lipinski definition) is 8. The van der Waals surface area contributed by atoms with E-state index in [-0.39, 0.29) is 34.7 Å². The predicted molar refractivity (Wildman–Crippen MR) is 119 cm³/mol.